The minimum atomic E-state index is -0.503. The Balaban J connectivity index is 2.36. The Labute approximate surface area is 115 Å². The van der Waals surface area contributed by atoms with Gasteiger partial charge in [0.15, 0.2) is 5.69 Å². The molecule has 0 radical (unpaired) electrons. The lowest BCUT2D eigenvalue weighted by Gasteiger charge is -2.18. The van der Waals surface area contributed by atoms with Crippen LogP contribution in [0.1, 0.15) is 26.6 Å². The molecule has 6 heteroatoms. The van der Waals surface area contributed by atoms with Gasteiger partial charge in [0.25, 0.3) is 5.91 Å². The summed E-state index contributed by atoms with van der Waals surface area (Å²) >= 11 is 0. The molecule has 6 nitrogen and oxygen atoms in total. The number of benzene rings is 1. The van der Waals surface area contributed by atoms with Crippen LogP contribution in [-0.2, 0) is 4.74 Å². The Morgan fingerprint density at radius 3 is 2.60 bits per heavy atom. The number of para-hydroxylation sites is 1. The van der Waals surface area contributed by atoms with Gasteiger partial charge in [-0.05, 0) is 19.1 Å². The number of nitrogens with zero attached hydrogens (tertiary/aromatic N) is 2. The number of esters is 1. The highest BCUT2D eigenvalue weighted by Crippen LogP contribution is 2.21. The molecule has 0 spiro atoms. The molecule has 0 unspecified atom stereocenters. The lowest BCUT2D eigenvalue weighted by Crippen LogP contribution is -2.28. The fraction of sp³-hybridized carbons (Fsp3) is 0.214. The Bertz CT molecular complexity index is 648. The summed E-state index contributed by atoms with van der Waals surface area (Å²) in [7, 11) is 2.86. The van der Waals surface area contributed by atoms with Gasteiger partial charge in [0.2, 0.25) is 0 Å². The van der Waals surface area contributed by atoms with Crippen molar-refractivity contribution in [2.75, 3.05) is 19.1 Å². The highest BCUT2D eigenvalue weighted by Gasteiger charge is 2.21. The fourth-order valence-corrected chi connectivity index (χ4v) is 1.80. The number of rotatable bonds is 3. The maximum absolute atomic E-state index is 12.3. The van der Waals surface area contributed by atoms with Crippen molar-refractivity contribution in [2.45, 2.75) is 6.92 Å². The van der Waals surface area contributed by atoms with E-state index in [0.29, 0.717) is 17.0 Å². The van der Waals surface area contributed by atoms with Crippen LogP contribution in [0.3, 0.4) is 0 Å². The van der Waals surface area contributed by atoms with E-state index in [1.807, 2.05) is 0 Å². The predicted octanol–water partition coefficient (Wildman–Crippen LogP) is 2.05. The molecule has 104 valence electrons. The molecule has 1 aromatic heterocycles. The quantitative estimate of drug-likeness (QED) is 0.801. The van der Waals surface area contributed by atoms with E-state index in [9.17, 15) is 9.59 Å². The molecule has 1 amide bonds. The predicted molar refractivity (Wildman–Crippen MR) is 71.8 cm³/mol. The summed E-state index contributed by atoms with van der Waals surface area (Å²) in [6, 6.07) is 8.24. The average molecular weight is 274 g/mol. The SMILES string of the molecule is COC(=O)c1ccccc1N(C)C(=O)c1cc(C)on1. The zero-order valence-electron chi connectivity index (χ0n) is 11.4. The molecule has 0 aliphatic rings. The molecular formula is C14H14N2O4. The summed E-state index contributed by atoms with van der Waals surface area (Å²) in [6.07, 6.45) is 0. The third-order valence-electron chi connectivity index (χ3n) is 2.82. The second-order valence-electron chi connectivity index (χ2n) is 4.20. The number of methoxy groups -OCH3 is 1. The highest BCUT2D eigenvalue weighted by molar-refractivity contribution is 6.08. The molecule has 0 aliphatic heterocycles. The van der Waals surface area contributed by atoms with Crippen LogP contribution in [0.4, 0.5) is 5.69 Å². The molecule has 0 N–H and O–H groups in total. The number of aryl methyl sites for hydroxylation is 1. The first-order valence-electron chi connectivity index (χ1n) is 5.93. The second-order valence-corrected chi connectivity index (χ2v) is 4.20. The summed E-state index contributed by atoms with van der Waals surface area (Å²) in [5, 5.41) is 3.67. The van der Waals surface area contributed by atoms with Gasteiger partial charge in [0.1, 0.15) is 5.76 Å². The molecule has 0 bridgehead atoms. The Morgan fingerprint density at radius 1 is 1.30 bits per heavy atom. The van der Waals surface area contributed by atoms with Crippen LogP contribution in [0.15, 0.2) is 34.9 Å². The van der Waals surface area contributed by atoms with Gasteiger partial charge in [-0.25, -0.2) is 4.79 Å². The topological polar surface area (TPSA) is 72.6 Å². The zero-order valence-corrected chi connectivity index (χ0v) is 11.4. The smallest absolute Gasteiger partial charge is 0.339 e. The number of anilines is 1. The monoisotopic (exact) mass is 274 g/mol. The Morgan fingerprint density at radius 2 is 2.00 bits per heavy atom. The standard InChI is InChI=1S/C14H14N2O4/c1-9-8-11(15-20-9)13(17)16(2)12-7-5-4-6-10(12)14(18)19-3/h4-8H,1-3H3. The molecule has 0 fully saturated rings. The Kier molecular flexibility index (Phi) is 3.84. The normalized spacial score (nSPS) is 10.2. The highest BCUT2D eigenvalue weighted by atomic mass is 16.5. The van der Waals surface area contributed by atoms with Crippen molar-refractivity contribution in [3.63, 3.8) is 0 Å². The summed E-state index contributed by atoms with van der Waals surface area (Å²) in [5.41, 5.74) is 0.945. The summed E-state index contributed by atoms with van der Waals surface area (Å²) < 4.78 is 9.59. The Hall–Kier alpha value is -2.63. The van der Waals surface area contributed by atoms with Gasteiger partial charge < -0.3 is 14.2 Å². The van der Waals surface area contributed by atoms with E-state index < -0.39 is 5.97 Å². The van der Waals surface area contributed by atoms with E-state index in [1.54, 1.807) is 44.3 Å². The van der Waals surface area contributed by atoms with E-state index in [0.717, 1.165) is 0 Å². The third-order valence-corrected chi connectivity index (χ3v) is 2.82. The van der Waals surface area contributed by atoms with Crippen LogP contribution >= 0.6 is 0 Å². The van der Waals surface area contributed by atoms with E-state index in [-0.39, 0.29) is 11.6 Å². The molecule has 1 heterocycles. The minimum absolute atomic E-state index is 0.185. The molecule has 2 rings (SSSR count). The molecule has 0 atom stereocenters. The zero-order chi connectivity index (χ0) is 14.7. The minimum Gasteiger partial charge on any atom is -0.465 e. The van der Waals surface area contributed by atoms with Crippen LogP contribution in [0.2, 0.25) is 0 Å². The number of carbonyl (C=O) groups excluding carboxylic acids is 2. The molecule has 0 aliphatic carbocycles. The first-order chi connectivity index (χ1) is 9.54. The maximum Gasteiger partial charge on any atom is 0.339 e. The van der Waals surface area contributed by atoms with Crippen molar-refractivity contribution in [1.82, 2.24) is 5.16 Å². The molecule has 0 saturated carbocycles. The van der Waals surface area contributed by atoms with Crippen LogP contribution < -0.4 is 4.90 Å². The number of amides is 1. The van der Waals surface area contributed by atoms with Crippen molar-refractivity contribution in [3.8, 4) is 0 Å². The van der Waals surface area contributed by atoms with Crippen LogP contribution in [0.5, 0.6) is 0 Å². The number of ether oxygens (including phenoxy) is 1. The van der Waals surface area contributed by atoms with Gasteiger partial charge in [-0.1, -0.05) is 17.3 Å². The number of hydrogen-bond acceptors (Lipinski definition) is 5. The molecular weight excluding hydrogens is 260 g/mol. The van der Waals surface area contributed by atoms with Gasteiger partial charge in [0.05, 0.1) is 18.4 Å². The van der Waals surface area contributed by atoms with E-state index in [1.165, 1.54) is 12.0 Å². The number of carbonyl (C=O) groups is 2. The lowest BCUT2D eigenvalue weighted by atomic mass is 10.1. The van der Waals surface area contributed by atoms with Crippen molar-refractivity contribution in [2.24, 2.45) is 0 Å². The van der Waals surface area contributed by atoms with E-state index >= 15 is 0 Å². The first-order valence-corrected chi connectivity index (χ1v) is 5.93. The maximum atomic E-state index is 12.3. The van der Waals surface area contributed by atoms with Crippen LogP contribution in [0, 0.1) is 6.92 Å². The molecule has 2 aromatic rings. The number of aromatic nitrogens is 1. The van der Waals surface area contributed by atoms with Crippen molar-refractivity contribution >= 4 is 17.6 Å². The second kappa shape index (κ2) is 5.56. The average Bonchev–Trinajstić information content (AvgIpc) is 2.91. The molecule has 1 aromatic carbocycles. The summed E-state index contributed by atoms with van der Waals surface area (Å²) in [6.45, 7) is 1.70. The summed E-state index contributed by atoms with van der Waals surface area (Å²) in [5.74, 6) is -0.321. The van der Waals surface area contributed by atoms with Gasteiger partial charge in [-0.15, -0.1) is 0 Å². The van der Waals surface area contributed by atoms with Crippen LogP contribution in [-0.4, -0.2) is 31.2 Å². The lowest BCUT2D eigenvalue weighted by molar-refractivity contribution is 0.0601. The van der Waals surface area contributed by atoms with Gasteiger partial charge >= 0.3 is 5.97 Å². The van der Waals surface area contributed by atoms with Crippen molar-refractivity contribution < 1.29 is 18.8 Å². The van der Waals surface area contributed by atoms with Crippen molar-refractivity contribution in [1.29, 1.82) is 0 Å². The van der Waals surface area contributed by atoms with E-state index in [4.69, 9.17) is 9.26 Å². The fourth-order valence-electron chi connectivity index (χ4n) is 1.80. The first kappa shape index (κ1) is 13.8. The van der Waals surface area contributed by atoms with Crippen molar-refractivity contribution in [3.05, 3.63) is 47.3 Å². The molecule has 20 heavy (non-hydrogen) atoms. The van der Waals surface area contributed by atoms with Gasteiger partial charge in [-0.2, -0.15) is 0 Å². The van der Waals surface area contributed by atoms with E-state index in [2.05, 4.69) is 5.16 Å². The summed E-state index contributed by atoms with van der Waals surface area (Å²) in [4.78, 5) is 25.3. The largest absolute Gasteiger partial charge is 0.465 e. The van der Waals surface area contributed by atoms with Gasteiger partial charge in [0, 0.05) is 13.1 Å². The van der Waals surface area contributed by atoms with Gasteiger partial charge in [-0.3, -0.25) is 4.79 Å². The third kappa shape index (κ3) is 2.54. The molecule has 0 saturated heterocycles. The van der Waals surface area contributed by atoms with Crippen LogP contribution in [0.25, 0.3) is 0 Å². The number of hydrogen-bond donors (Lipinski definition) is 0.